The fraction of sp³-hybridized carbons (Fsp3) is 0.364. The van der Waals surface area contributed by atoms with Crippen LogP contribution in [0.2, 0.25) is 0 Å². The van der Waals surface area contributed by atoms with Crippen LogP contribution >= 0.6 is 0 Å². The Labute approximate surface area is 175 Å². The fourth-order valence-electron chi connectivity index (χ4n) is 2.47. The number of hydroxylamine groups is 1. The van der Waals surface area contributed by atoms with Crippen molar-refractivity contribution in [1.82, 2.24) is 10.8 Å². The van der Waals surface area contributed by atoms with E-state index in [1.54, 1.807) is 42.7 Å². The number of furan rings is 1. The maximum atomic E-state index is 12.2. The number of carbonyl (C=O) groups is 2. The Hall–Kier alpha value is -3.12. The first-order valence-corrected chi connectivity index (χ1v) is 9.68. The average molecular weight is 414 g/mol. The molecule has 1 unspecified atom stereocenters. The van der Waals surface area contributed by atoms with Gasteiger partial charge in [0, 0.05) is 17.7 Å². The molecule has 2 amide bonds. The maximum absolute atomic E-state index is 12.2. The second-order valence-electron chi connectivity index (χ2n) is 6.25. The number of nitrogens with one attached hydrogen (secondary N) is 2. The third kappa shape index (κ3) is 7.37. The van der Waals surface area contributed by atoms with Crippen LogP contribution in [0.25, 0.3) is 0 Å². The fourth-order valence-corrected chi connectivity index (χ4v) is 2.47. The van der Waals surface area contributed by atoms with Gasteiger partial charge < -0.3 is 19.2 Å². The van der Waals surface area contributed by atoms with Gasteiger partial charge in [0.1, 0.15) is 18.4 Å². The van der Waals surface area contributed by atoms with Gasteiger partial charge in [-0.25, -0.2) is 5.48 Å². The lowest BCUT2D eigenvalue weighted by Crippen LogP contribution is -2.45. The van der Waals surface area contributed by atoms with E-state index in [2.05, 4.69) is 17.2 Å². The van der Waals surface area contributed by atoms with Crippen LogP contribution in [0.15, 0.2) is 40.8 Å². The van der Waals surface area contributed by atoms with Crippen LogP contribution in [0.3, 0.4) is 0 Å². The molecule has 0 bridgehead atoms. The first-order valence-electron chi connectivity index (χ1n) is 9.68. The SMILES string of the molecule is CCOCCOCc1ccc(C#Cc2ccc(C(=O)NC(CC)C(=O)NO)cc2)o1. The second-order valence-corrected chi connectivity index (χ2v) is 6.25. The molecule has 1 aromatic heterocycles. The van der Waals surface area contributed by atoms with Gasteiger partial charge in [-0.05, 0) is 55.7 Å². The number of ether oxygens (including phenoxy) is 2. The molecule has 0 radical (unpaired) electrons. The number of hydrogen-bond acceptors (Lipinski definition) is 6. The van der Waals surface area contributed by atoms with Crippen LogP contribution in [0.1, 0.15) is 47.7 Å². The van der Waals surface area contributed by atoms with E-state index >= 15 is 0 Å². The number of benzene rings is 1. The second kappa shape index (κ2) is 12.4. The minimum atomic E-state index is -0.807. The molecular formula is C22H26N2O6. The third-order valence-electron chi connectivity index (χ3n) is 4.10. The summed E-state index contributed by atoms with van der Waals surface area (Å²) >= 11 is 0. The Balaban J connectivity index is 1.90. The molecule has 2 rings (SSSR count). The molecular weight excluding hydrogens is 388 g/mol. The van der Waals surface area contributed by atoms with E-state index in [0.717, 1.165) is 0 Å². The van der Waals surface area contributed by atoms with Gasteiger partial charge in [0.15, 0.2) is 5.76 Å². The van der Waals surface area contributed by atoms with Crippen molar-refractivity contribution in [2.75, 3.05) is 19.8 Å². The van der Waals surface area contributed by atoms with Crippen molar-refractivity contribution in [3.63, 3.8) is 0 Å². The van der Waals surface area contributed by atoms with E-state index in [9.17, 15) is 9.59 Å². The van der Waals surface area contributed by atoms with E-state index in [0.29, 0.717) is 55.5 Å². The molecule has 3 N–H and O–H groups in total. The smallest absolute Gasteiger partial charge is 0.265 e. The van der Waals surface area contributed by atoms with E-state index in [1.165, 1.54) is 0 Å². The molecule has 0 saturated heterocycles. The summed E-state index contributed by atoms with van der Waals surface area (Å²) in [7, 11) is 0. The number of hydrogen-bond donors (Lipinski definition) is 3. The predicted molar refractivity (Wildman–Crippen MR) is 109 cm³/mol. The Morgan fingerprint density at radius 3 is 2.47 bits per heavy atom. The van der Waals surface area contributed by atoms with Crippen LogP contribution in [-0.4, -0.2) is 42.9 Å². The van der Waals surface area contributed by atoms with Crippen LogP contribution in [0.4, 0.5) is 0 Å². The predicted octanol–water partition coefficient (Wildman–Crippen LogP) is 2.25. The first-order chi connectivity index (χ1) is 14.6. The summed E-state index contributed by atoms with van der Waals surface area (Å²) in [5.74, 6) is 6.02. The highest BCUT2D eigenvalue weighted by Crippen LogP contribution is 2.09. The summed E-state index contributed by atoms with van der Waals surface area (Å²) in [6.07, 6.45) is 0.352. The van der Waals surface area contributed by atoms with Crippen molar-refractivity contribution >= 4 is 11.8 Å². The monoisotopic (exact) mass is 414 g/mol. The van der Waals surface area contributed by atoms with Crippen LogP contribution in [0, 0.1) is 11.8 Å². The highest BCUT2D eigenvalue weighted by molar-refractivity contribution is 5.97. The van der Waals surface area contributed by atoms with Crippen molar-refractivity contribution in [2.45, 2.75) is 32.9 Å². The minimum absolute atomic E-state index is 0.352. The molecule has 0 fully saturated rings. The van der Waals surface area contributed by atoms with E-state index < -0.39 is 17.9 Å². The van der Waals surface area contributed by atoms with Crippen molar-refractivity contribution in [1.29, 1.82) is 0 Å². The van der Waals surface area contributed by atoms with Crippen molar-refractivity contribution in [3.05, 3.63) is 59.0 Å². The van der Waals surface area contributed by atoms with Gasteiger partial charge >= 0.3 is 0 Å². The highest BCUT2D eigenvalue weighted by Gasteiger charge is 2.18. The Kier molecular flexibility index (Phi) is 9.61. The number of rotatable bonds is 10. The first kappa shape index (κ1) is 23.2. The number of amides is 2. The molecule has 0 aliphatic rings. The zero-order valence-corrected chi connectivity index (χ0v) is 17.1. The quantitative estimate of drug-likeness (QED) is 0.238. The molecule has 0 saturated carbocycles. The van der Waals surface area contributed by atoms with Crippen LogP contribution < -0.4 is 10.8 Å². The zero-order chi connectivity index (χ0) is 21.8. The summed E-state index contributed by atoms with van der Waals surface area (Å²) < 4.78 is 16.2. The van der Waals surface area contributed by atoms with Crippen molar-refractivity contribution < 1.29 is 28.7 Å². The molecule has 1 atom stereocenters. The minimum Gasteiger partial charge on any atom is -0.450 e. The van der Waals surface area contributed by atoms with Gasteiger partial charge in [0.05, 0.1) is 13.2 Å². The zero-order valence-electron chi connectivity index (χ0n) is 17.1. The summed E-state index contributed by atoms with van der Waals surface area (Å²) in [4.78, 5) is 23.7. The van der Waals surface area contributed by atoms with Crippen LogP contribution in [0.5, 0.6) is 0 Å². The lowest BCUT2D eigenvalue weighted by molar-refractivity contribution is -0.131. The van der Waals surface area contributed by atoms with Gasteiger partial charge in [0.25, 0.3) is 11.8 Å². The summed E-state index contributed by atoms with van der Waals surface area (Å²) in [6.45, 7) is 5.72. The third-order valence-corrected chi connectivity index (χ3v) is 4.10. The van der Waals surface area contributed by atoms with E-state index in [-0.39, 0.29) is 0 Å². The molecule has 8 nitrogen and oxygen atoms in total. The molecule has 8 heteroatoms. The van der Waals surface area contributed by atoms with Gasteiger partial charge in [0.2, 0.25) is 0 Å². The molecule has 2 aromatic rings. The van der Waals surface area contributed by atoms with E-state index in [4.69, 9.17) is 19.1 Å². The molecule has 0 aliphatic heterocycles. The van der Waals surface area contributed by atoms with Gasteiger partial charge in [-0.15, -0.1) is 0 Å². The topological polar surface area (TPSA) is 110 Å². The highest BCUT2D eigenvalue weighted by atomic mass is 16.5. The molecule has 1 heterocycles. The Bertz CT molecular complexity index is 879. The summed E-state index contributed by atoms with van der Waals surface area (Å²) in [6, 6.07) is 9.41. The van der Waals surface area contributed by atoms with Gasteiger partial charge in [-0.3, -0.25) is 14.8 Å². The average Bonchev–Trinajstić information content (AvgIpc) is 3.23. The number of carbonyl (C=O) groups excluding carboxylic acids is 2. The molecule has 160 valence electrons. The van der Waals surface area contributed by atoms with E-state index in [1.807, 2.05) is 13.0 Å². The van der Waals surface area contributed by atoms with Crippen LogP contribution in [-0.2, 0) is 20.9 Å². The Morgan fingerprint density at radius 2 is 1.80 bits per heavy atom. The summed E-state index contributed by atoms with van der Waals surface area (Å²) in [5.41, 5.74) is 2.63. The largest absolute Gasteiger partial charge is 0.450 e. The van der Waals surface area contributed by atoms with Crippen molar-refractivity contribution in [2.24, 2.45) is 0 Å². The molecule has 0 aliphatic carbocycles. The Morgan fingerprint density at radius 1 is 1.07 bits per heavy atom. The van der Waals surface area contributed by atoms with Gasteiger partial charge in [-0.1, -0.05) is 12.8 Å². The molecule has 1 aromatic carbocycles. The van der Waals surface area contributed by atoms with Gasteiger partial charge in [-0.2, -0.15) is 0 Å². The lowest BCUT2D eigenvalue weighted by Gasteiger charge is -2.14. The van der Waals surface area contributed by atoms with Crippen molar-refractivity contribution in [3.8, 4) is 11.8 Å². The molecule has 30 heavy (non-hydrogen) atoms. The normalized spacial score (nSPS) is 11.3. The standard InChI is InChI=1S/C22H26N2O6/c1-3-20(22(26)24-27)23-21(25)17-8-5-16(6-9-17)7-10-18-11-12-19(30-18)15-29-14-13-28-4-2/h5-6,8-9,11-12,20,27H,3-4,13-15H2,1-2H3,(H,23,25)(H,24,26). The molecule has 0 spiro atoms. The summed E-state index contributed by atoms with van der Waals surface area (Å²) in [5, 5.41) is 11.3. The lowest BCUT2D eigenvalue weighted by atomic mass is 10.1. The maximum Gasteiger partial charge on any atom is 0.265 e.